The van der Waals surface area contributed by atoms with Crippen LogP contribution in [0.15, 0.2) is 54.6 Å². The Morgan fingerprint density at radius 3 is 2.03 bits per heavy atom. The molecule has 186 valence electrons. The van der Waals surface area contributed by atoms with Gasteiger partial charge in [0.25, 0.3) is 0 Å². The molecular weight excluding hydrogens is 476 g/mol. The molecule has 3 aromatic carbocycles. The second-order valence-electron chi connectivity index (χ2n) is 8.74. The van der Waals surface area contributed by atoms with E-state index >= 15 is 0 Å². The molecule has 0 fully saturated rings. The molecule has 9 heteroatoms. The van der Waals surface area contributed by atoms with E-state index in [-0.39, 0.29) is 24.2 Å². The fourth-order valence-corrected chi connectivity index (χ4v) is 4.27. The topological polar surface area (TPSA) is 62.6 Å². The van der Waals surface area contributed by atoms with Crippen LogP contribution in [0, 0.1) is 40.5 Å². The molecule has 4 rings (SSSR count). The number of hydrogen-bond acceptors (Lipinski definition) is 5. The Balaban J connectivity index is 1.53. The third kappa shape index (κ3) is 4.90. The summed E-state index contributed by atoms with van der Waals surface area (Å²) in [6, 6.07) is 16.4. The standard InChI is InChI=1S/C27H22F4N2O3/c1-15(2)26(33-13-19-20(14-33)23(29)25(31)24(30)22(19)28)27(34)36-21(12-32)16-7-6-10-18(11-16)35-17-8-4-3-5-9-17/h3-11,15,21,26H,13-14H2,1-2H3. The number of carbonyl (C=O) groups excluding carboxylic acids is 1. The molecule has 0 spiro atoms. The van der Waals surface area contributed by atoms with Crippen molar-refractivity contribution < 1.29 is 31.8 Å². The molecule has 0 saturated heterocycles. The van der Waals surface area contributed by atoms with Crippen LogP contribution in [-0.4, -0.2) is 16.9 Å². The van der Waals surface area contributed by atoms with Crippen LogP contribution in [0.25, 0.3) is 0 Å². The zero-order valence-corrected chi connectivity index (χ0v) is 19.5. The van der Waals surface area contributed by atoms with Gasteiger partial charge in [-0.1, -0.05) is 44.2 Å². The van der Waals surface area contributed by atoms with Crippen LogP contribution >= 0.6 is 0 Å². The van der Waals surface area contributed by atoms with Gasteiger partial charge in [0.2, 0.25) is 6.10 Å². The average molecular weight is 498 g/mol. The number of halogens is 4. The number of ether oxygens (including phenoxy) is 2. The van der Waals surface area contributed by atoms with E-state index in [1.165, 1.54) is 4.90 Å². The van der Waals surface area contributed by atoms with E-state index in [0.717, 1.165) is 0 Å². The fraction of sp³-hybridized carbons (Fsp3) is 0.259. The Hall–Kier alpha value is -3.90. The van der Waals surface area contributed by atoms with Crippen molar-refractivity contribution in [2.24, 2.45) is 5.92 Å². The summed E-state index contributed by atoms with van der Waals surface area (Å²) in [7, 11) is 0. The van der Waals surface area contributed by atoms with Gasteiger partial charge in [0.1, 0.15) is 23.6 Å². The van der Waals surface area contributed by atoms with Gasteiger partial charge < -0.3 is 9.47 Å². The summed E-state index contributed by atoms with van der Waals surface area (Å²) in [5.41, 5.74) is -0.312. The summed E-state index contributed by atoms with van der Waals surface area (Å²) in [5.74, 6) is -6.93. The molecule has 5 nitrogen and oxygen atoms in total. The van der Waals surface area contributed by atoms with E-state index in [9.17, 15) is 27.6 Å². The molecule has 1 aliphatic heterocycles. The molecule has 0 saturated carbocycles. The predicted octanol–water partition coefficient (Wildman–Crippen LogP) is 6.18. The van der Waals surface area contributed by atoms with E-state index in [2.05, 4.69) is 0 Å². The normalized spacial score (nSPS) is 14.7. The minimum absolute atomic E-state index is 0.315. The van der Waals surface area contributed by atoms with E-state index in [4.69, 9.17) is 9.47 Å². The van der Waals surface area contributed by atoms with E-state index in [0.29, 0.717) is 17.1 Å². The largest absolute Gasteiger partial charge is 0.457 e. The monoisotopic (exact) mass is 498 g/mol. The average Bonchev–Trinajstić information content (AvgIpc) is 3.30. The lowest BCUT2D eigenvalue weighted by Crippen LogP contribution is -2.43. The lowest BCUT2D eigenvalue weighted by atomic mass is 10.0. The van der Waals surface area contributed by atoms with Crippen molar-refractivity contribution in [1.29, 1.82) is 5.26 Å². The first-order valence-electron chi connectivity index (χ1n) is 11.2. The number of fused-ring (bicyclic) bond motifs is 1. The molecular formula is C27H22F4N2O3. The van der Waals surface area contributed by atoms with Crippen molar-refractivity contribution >= 4 is 5.97 Å². The molecule has 36 heavy (non-hydrogen) atoms. The van der Waals surface area contributed by atoms with E-state index < -0.39 is 47.3 Å². The second-order valence-corrected chi connectivity index (χ2v) is 8.74. The van der Waals surface area contributed by atoms with Gasteiger partial charge in [0.15, 0.2) is 23.3 Å². The molecule has 0 aliphatic carbocycles. The molecule has 0 bridgehead atoms. The molecule has 2 atom stereocenters. The van der Waals surface area contributed by atoms with Gasteiger partial charge in [0.05, 0.1) is 0 Å². The first-order valence-corrected chi connectivity index (χ1v) is 11.2. The van der Waals surface area contributed by atoms with Crippen molar-refractivity contribution in [2.75, 3.05) is 0 Å². The van der Waals surface area contributed by atoms with Gasteiger partial charge in [-0.2, -0.15) is 5.26 Å². The highest BCUT2D eigenvalue weighted by atomic mass is 19.2. The SMILES string of the molecule is CC(C)C(C(=O)OC(C#N)c1cccc(Oc2ccccc2)c1)N1Cc2c(F)c(F)c(F)c(F)c2C1. The lowest BCUT2D eigenvalue weighted by Gasteiger charge is -2.29. The van der Waals surface area contributed by atoms with Gasteiger partial charge in [0, 0.05) is 29.8 Å². The molecule has 2 unspecified atom stereocenters. The molecule has 0 amide bonds. The summed E-state index contributed by atoms with van der Waals surface area (Å²) in [6.45, 7) is 2.76. The number of rotatable bonds is 7. The smallest absolute Gasteiger partial charge is 0.325 e. The van der Waals surface area contributed by atoms with Crippen LogP contribution in [0.1, 0.15) is 36.6 Å². The zero-order valence-electron chi connectivity index (χ0n) is 19.5. The third-order valence-corrected chi connectivity index (χ3v) is 5.95. The van der Waals surface area contributed by atoms with Crippen LogP contribution in [0.4, 0.5) is 17.6 Å². The highest BCUT2D eigenvalue weighted by Gasteiger charge is 2.39. The van der Waals surface area contributed by atoms with Crippen molar-refractivity contribution in [3.63, 3.8) is 0 Å². The predicted molar refractivity (Wildman–Crippen MR) is 122 cm³/mol. The van der Waals surface area contributed by atoms with Crippen molar-refractivity contribution in [2.45, 2.75) is 39.1 Å². The maximum atomic E-state index is 14.3. The zero-order chi connectivity index (χ0) is 26.0. The second kappa shape index (κ2) is 10.4. The summed E-state index contributed by atoms with van der Waals surface area (Å²) < 4.78 is 67.3. The third-order valence-electron chi connectivity index (χ3n) is 5.95. The molecule has 0 N–H and O–H groups in total. The maximum Gasteiger partial charge on any atom is 0.325 e. The summed E-state index contributed by atoms with van der Waals surface area (Å²) in [6.07, 6.45) is -1.29. The number of benzene rings is 3. The number of nitriles is 1. The number of para-hydroxylation sites is 1. The molecule has 0 radical (unpaired) electrons. The number of hydrogen-bond donors (Lipinski definition) is 0. The van der Waals surface area contributed by atoms with Crippen molar-refractivity contribution in [1.82, 2.24) is 4.90 Å². The lowest BCUT2D eigenvalue weighted by molar-refractivity contribution is -0.155. The number of esters is 1. The maximum absolute atomic E-state index is 14.3. The van der Waals surface area contributed by atoms with Crippen LogP contribution in [0.5, 0.6) is 11.5 Å². The van der Waals surface area contributed by atoms with Gasteiger partial charge in [-0.05, 0) is 30.2 Å². The molecule has 1 aliphatic rings. The quantitative estimate of drug-likeness (QED) is 0.168. The Morgan fingerprint density at radius 1 is 0.889 bits per heavy atom. The molecule has 3 aromatic rings. The highest BCUT2D eigenvalue weighted by molar-refractivity contribution is 5.77. The Bertz CT molecular complexity index is 1290. The fourth-order valence-electron chi connectivity index (χ4n) is 4.27. The van der Waals surface area contributed by atoms with Gasteiger partial charge in [-0.25, -0.2) is 17.6 Å². The Kier molecular flexibility index (Phi) is 7.27. The van der Waals surface area contributed by atoms with Crippen LogP contribution in [0.3, 0.4) is 0 Å². The van der Waals surface area contributed by atoms with Crippen LogP contribution in [0.2, 0.25) is 0 Å². The summed E-state index contributed by atoms with van der Waals surface area (Å²) >= 11 is 0. The van der Waals surface area contributed by atoms with Crippen LogP contribution in [-0.2, 0) is 22.6 Å². The van der Waals surface area contributed by atoms with Crippen LogP contribution < -0.4 is 4.74 Å². The van der Waals surface area contributed by atoms with Crippen molar-refractivity contribution in [3.8, 4) is 17.6 Å². The minimum Gasteiger partial charge on any atom is -0.457 e. The number of carbonyl (C=O) groups is 1. The molecule has 0 aromatic heterocycles. The first-order chi connectivity index (χ1) is 17.2. The Morgan fingerprint density at radius 2 is 1.47 bits per heavy atom. The summed E-state index contributed by atoms with van der Waals surface area (Å²) in [5, 5.41) is 9.71. The van der Waals surface area contributed by atoms with E-state index in [1.54, 1.807) is 50.2 Å². The highest BCUT2D eigenvalue weighted by Crippen LogP contribution is 2.35. The van der Waals surface area contributed by atoms with Gasteiger partial charge in [-0.15, -0.1) is 0 Å². The number of nitrogens with zero attached hydrogens (tertiary/aromatic N) is 2. The Labute approximate surface area is 205 Å². The van der Waals surface area contributed by atoms with Gasteiger partial charge >= 0.3 is 5.97 Å². The van der Waals surface area contributed by atoms with E-state index in [1.807, 2.05) is 24.3 Å². The first kappa shape index (κ1) is 25.2. The van der Waals surface area contributed by atoms with Crippen molar-refractivity contribution in [3.05, 3.63) is 94.6 Å². The van der Waals surface area contributed by atoms with Gasteiger partial charge in [-0.3, -0.25) is 9.69 Å². The minimum atomic E-state index is -1.89. The summed E-state index contributed by atoms with van der Waals surface area (Å²) in [4.78, 5) is 14.5. The molecule has 1 heterocycles.